The molecule has 1 unspecified atom stereocenters. The summed E-state index contributed by atoms with van der Waals surface area (Å²) >= 11 is 12.6. The Labute approximate surface area is 132 Å². The number of benzene rings is 1. The van der Waals surface area contributed by atoms with Gasteiger partial charge in [-0.1, -0.05) is 17.7 Å². The molecule has 0 fully saturated rings. The number of para-hydroxylation sites is 1. The molecule has 1 aromatic carbocycles. The predicted octanol–water partition coefficient (Wildman–Crippen LogP) is 3.65. The molecule has 0 saturated heterocycles. The van der Waals surface area contributed by atoms with Crippen molar-refractivity contribution >= 4 is 34.2 Å². The maximum atomic E-state index is 6.35. The molecule has 7 heteroatoms. The van der Waals surface area contributed by atoms with Gasteiger partial charge in [-0.3, -0.25) is 0 Å². The summed E-state index contributed by atoms with van der Waals surface area (Å²) < 4.78 is 4.01. The van der Waals surface area contributed by atoms with Crippen LogP contribution in [0, 0.1) is 0 Å². The first kappa shape index (κ1) is 14.4. The van der Waals surface area contributed by atoms with Gasteiger partial charge in [0.25, 0.3) is 0 Å². The molecule has 21 heavy (non-hydrogen) atoms. The molecule has 1 atom stereocenters. The molecule has 0 radical (unpaired) electrons. The Morgan fingerprint density at radius 3 is 2.86 bits per heavy atom. The smallest absolute Gasteiger partial charge is 0.152 e. The zero-order valence-electron chi connectivity index (χ0n) is 11.8. The maximum absolute atomic E-state index is 6.35. The Morgan fingerprint density at radius 2 is 2.14 bits per heavy atom. The molecule has 0 saturated carbocycles. The van der Waals surface area contributed by atoms with Crippen molar-refractivity contribution in [3.05, 3.63) is 41.2 Å². The van der Waals surface area contributed by atoms with Crippen molar-refractivity contribution in [2.75, 3.05) is 0 Å². The fourth-order valence-corrected chi connectivity index (χ4v) is 2.87. The Kier molecular flexibility index (Phi) is 3.87. The van der Waals surface area contributed by atoms with Crippen LogP contribution >= 0.6 is 23.2 Å². The van der Waals surface area contributed by atoms with Gasteiger partial charge in [0, 0.05) is 6.54 Å². The third-order valence-corrected chi connectivity index (χ3v) is 3.94. The lowest BCUT2D eigenvalue weighted by Gasteiger charge is -2.11. The van der Waals surface area contributed by atoms with E-state index < -0.39 is 0 Å². The molecule has 0 N–H and O–H groups in total. The molecular weight excluding hydrogens is 309 g/mol. The minimum absolute atomic E-state index is 0.216. The van der Waals surface area contributed by atoms with Crippen LogP contribution in [0.25, 0.3) is 11.0 Å². The van der Waals surface area contributed by atoms with E-state index in [-0.39, 0.29) is 5.38 Å². The van der Waals surface area contributed by atoms with Crippen molar-refractivity contribution in [2.45, 2.75) is 32.3 Å². The summed E-state index contributed by atoms with van der Waals surface area (Å²) in [6, 6.07) is 5.68. The number of fused-ring (bicyclic) bond motifs is 1. The van der Waals surface area contributed by atoms with Crippen LogP contribution < -0.4 is 0 Å². The van der Waals surface area contributed by atoms with Gasteiger partial charge < -0.3 is 9.13 Å². The van der Waals surface area contributed by atoms with Crippen molar-refractivity contribution in [1.29, 1.82) is 0 Å². The van der Waals surface area contributed by atoms with Crippen molar-refractivity contribution in [1.82, 2.24) is 24.3 Å². The number of nitrogens with zero attached hydrogens (tertiary/aromatic N) is 5. The lowest BCUT2D eigenvalue weighted by molar-refractivity contribution is 0.639. The van der Waals surface area contributed by atoms with Crippen LogP contribution in [-0.2, 0) is 13.1 Å². The van der Waals surface area contributed by atoms with Gasteiger partial charge in [-0.2, -0.15) is 0 Å². The third-order valence-electron chi connectivity index (χ3n) is 3.44. The molecule has 0 spiro atoms. The first-order valence-corrected chi connectivity index (χ1v) is 7.58. The summed E-state index contributed by atoms with van der Waals surface area (Å²) in [5.41, 5.74) is 1.72. The van der Waals surface area contributed by atoms with E-state index in [4.69, 9.17) is 23.2 Å². The fraction of sp³-hybridized carbons (Fsp3) is 0.357. The number of imidazole rings is 1. The Morgan fingerprint density at radius 1 is 1.33 bits per heavy atom. The fourth-order valence-electron chi connectivity index (χ4n) is 2.43. The number of rotatable bonds is 4. The highest BCUT2D eigenvalue weighted by Gasteiger charge is 2.18. The third kappa shape index (κ3) is 2.51. The standard InChI is InChI=1S/C14H15Cl2N5/c1-3-20-8-17-19-12(20)7-21-13-10(16)5-4-6-11(13)18-14(21)9(2)15/h4-6,8-9H,3,7H2,1-2H3. The highest BCUT2D eigenvalue weighted by atomic mass is 35.5. The van der Waals surface area contributed by atoms with Crippen LogP contribution in [0.1, 0.15) is 30.9 Å². The number of hydrogen-bond donors (Lipinski definition) is 0. The molecule has 0 aliphatic heterocycles. The summed E-state index contributed by atoms with van der Waals surface area (Å²) in [6.07, 6.45) is 1.72. The summed E-state index contributed by atoms with van der Waals surface area (Å²) in [6.45, 7) is 5.31. The maximum Gasteiger partial charge on any atom is 0.152 e. The summed E-state index contributed by atoms with van der Waals surface area (Å²) in [7, 11) is 0. The minimum atomic E-state index is -0.216. The summed E-state index contributed by atoms with van der Waals surface area (Å²) in [4.78, 5) is 4.60. The molecular formula is C14H15Cl2N5. The minimum Gasteiger partial charge on any atom is -0.318 e. The van der Waals surface area contributed by atoms with Gasteiger partial charge in [0.05, 0.1) is 28.0 Å². The number of halogens is 2. The molecule has 5 nitrogen and oxygen atoms in total. The Balaban J connectivity index is 2.18. The molecule has 2 heterocycles. The highest BCUT2D eigenvalue weighted by molar-refractivity contribution is 6.35. The highest BCUT2D eigenvalue weighted by Crippen LogP contribution is 2.29. The van der Waals surface area contributed by atoms with E-state index in [1.165, 1.54) is 0 Å². The number of alkyl halides is 1. The van der Waals surface area contributed by atoms with Crippen LogP contribution in [0.4, 0.5) is 0 Å². The molecule has 3 aromatic rings. The lowest BCUT2D eigenvalue weighted by Crippen LogP contribution is -2.11. The van der Waals surface area contributed by atoms with Crippen LogP contribution in [0.2, 0.25) is 5.02 Å². The molecule has 0 aliphatic rings. The summed E-state index contributed by atoms with van der Waals surface area (Å²) in [5, 5.41) is 8.58. The zero-order chi connectivity index (χ0) is 15.0. The average Bonchev–Trinajstić information content (AvgIpc) is 3.04. The van der Waals surface area contributed by atoms with E-state index in [2.05, 4.69) is 22.1 Å². The molecule has 3 rings (SSSR count). The van der Waals surface area contributed by atoms with Gasteiger partial charge in [0.2, 0.25) is 0 Å². The van der Waals surface area contributed by atoms with E-state index in [0.717, 1.165) is 29.2 Å². The van der Waals surface area contributed by atoms with Gasteiger partial charge in [0.1, 0.15) is 12.2 Å². The van der Waals surface area contributed by atoms with Gasteiger partial charge in [0.15, 0.2) is 5.82 Å². The molecule has 0 aliphatic carbocycles. The lowest BCUT2D eigenvalue weighted by atomic mass is 10.3. The zero-order valence-corrected chi connectivity index (χ0v) is 13.3. The van der Waals surface area contributed by atoms with Crippen LogP contribution in [-0.4, -0.2) is 24.3 Å². The second kappa shape index (κ2) is 5.66. The molecule has 2 aromatic heterocycles. The second-order valence-electron chi connectivity index (χ2n) is 4.81. The number of aromatic nitrogens is 5. The van der Waals surface area contributed by atoms with Crippen LogP contribution in [0.15, 0.2) is 24.5 Å². The van der Waals surface area contributed by atoms with Gasteiger partial charge in [-0.05, 0) is 26.0 Å². The first-order valence-electron chi connectivity index (χ1n) is 6.77. The largest absolute Gasteiger partial charge is 0.318 e. The Bertz CT molecular complexity index is 775. The monoisotopic (exact) mass is 323 g/mol. The molecule has 0 bridgehead atoms. The van der Waals surface area contributed by atoms with Crippen LogP contribution in [0.3, 0.4) is 0 Å². The van der Waals surface area contributed by atoms with Gasteiger partial charge >= 0.3 is 0 Å². The van der Waals surface area contributed by atoms with Crippen molar-refractivity contribution in [3.8, 4) is 0 Å². The van der Waals surface area contributed by atoms with Gasteiger partial charge in [-0.15, -0.1) is 21.8 Å². The van der Waals surface area contributed by atoms with E-state index in [1.807, 2.05) is 34.3 Å². The van der Waals surface area contributed by atoms with Crippen LogP contribution in [0.5, 0.6) is 0 Å². The first-order chi connectivity index (χ1) is 10.1. The number of hydrogen-bond acceptors (Lipinski definition) is 3. The number of aryl methyl sites for hydroxylation is 1. The SMILES string of the molecule is CCn1cnnc1Cn1c(C(C)Cl)nc2cccc(Cl)c21. The van der Waals surface area contributed by atoms with E-state index >= 15 is 0 Å². The second-order valence-corrected chi connectivity index (χ2v) is 5.87. The molecule has 0 amide bonds. The van der Waals surface area contributed by atoms with Gasteiger partial charge in [-0.25, -0.2) is 4.98 Å². The van der Waals surface area contributed by atoms with Crippen molar-refractivity contribution in [2.24, 2.45) is 0 Å². The Hall–Kier alpha value is -1.59. The topological polar surface area (TPSA) is 48.5 Å². The van der Waals surface area contributed by atoms with Crippen molar-refractivity contribution < 1.29 is 0 Å². The molecule has 110 valence electrons. The van der Waals surface area contributed by atoms with E-state index in [1.54, 1.807) is 6.33 Å². The quantitative estimate of drug-likeness (QED) is 0.688. The predicted molar refractivity (Wildman–Crippen MR) is 83.8 cm³/mol. The van der Waals surface area contributed by atoms with Crippen molar-refractivity contribution in [3.63, 3.8) is 0 Å². The summed E-state index contributed by atoms with van der Waals surface area (Å²) in [5.74, 6) is 1.64. The van der Waals surface area contributed by atoms with E-state index in [9.17, 15) is 0 Å². The average molecular weight is 324 g/mol. The normalized spacial score (nSPS) is 13.0. The van der Waals surface area contributed by atoms with E-state index in [0.29, 0.717) is 11.6 Å².